The van der Waals surface area contributed by atoms with Crippen molar-refractivity contribution in [3.63, 3.8) is 0 Å². The molecule has 2 rings (SSSR count). The van der Waals surface area contributed by atoms with Gasteiger partial charge in [0.2, 0.25) is 0 Å². The van der Waals surface area contributed by atoms with Gasteiger partial charge in [0, 0.05) is 24.8 Å². The van der Waals surface area contributed by atoms with Gasteiger partial charge in [-0.1, -0.05) is 0 Å². The van der Waals surface area contributed by atoms with Crippen LogP contribution in [0.25, 0.3) is 0 Å². The Kier molecular flexibility index (Phi) is 2.39. The smallest absolute Gasteiger partial charge is 0.189 e. The van der Waals surface area contributed by atoms with Gasteiger partial charge in [0.05, 0.1) is 12.7 Å². The molecule has 0 unspecified atom stereocenters. The second-order valence-electron chi connectivity index (χ2n) is 3.64. The van der Waals surface area contributed by atoms with Crippen molar-refractivity contribution in [3.05, 3.63) is 18.0 Å². The molecule has 1 saturated carbocycles. The van der Waals surface area contributed by atoms with Crippen molar-refractivity contribution in [1.82, 2.24) is 15.1 Å². The van der Waals surface area contributed by atoms with Crippen LogP contribution in [0.1, 0.15) is 18.4 Å². The Bertz CT molecular complexity index is 337. The van der Waals surface area contributed by atoms with E-state index in [4.69, 9.17) is 5.73 Å². The second-order valence-corrected chi connectivity index (χ2v) is 3.64. The molecular formula is C9H15N5. The summed E-state index contributed by atoms with van der Waals surface area (Å²) < 4.78 is 1.76. The largest absolute Gasteiger partial charge is 0.370 e. The summed E-state index contributed by atoms with van der Waals surface area (Å²) in [5.74, 6) is 0.538. The number of nitrogens with two attached hydrogens (primary N) is 1. The molecule has 5 nitrogen and oxygen atoms in total. The molecule has 14 heavy (non-hydrogen) atoms. The molecule has 0 radical (unpaired) electrons. The maximum absolute atomic E-state index is 5.68. The Morgan fingerprint density at radius 2 is 2.57 bits per heavy atom. The minimum absolute atomic E-state index is 0.538. The number of hydrogen-bond acceptors (Lipinski definition) is 2. The quantitative estimate of drug-likeness (QED) is 0.524. The molecule has 1 heterocycles. The Labute approximate surface area is 83.0 Å². The molecular weight excluding hydrogens is 178 g/mol. The lowest BCUT2D eigenvalue weighted by Gasteiger charge is -2.01. The van der Waals surface area contributed by atoms with Crippen molar-refractivity contribution in [2.24, 2.45) is 17.8 Å². The van der Waals surface area contributed by atoms with Crippen LogP contribution in [-0.2, 0) is 13.6 Å². The highest BCUT2D eigenvalue weighted by atomic mass is 15.2. The molecule has 1 aliphatic carbocycles. The van der Waals surface area contributed by atoms with Crippen LogP contribution in [0.4, 0.5) is 0 Å². The Balaban J connectivity index is 1.84. The van der Waals surface area contributed by atoms with E-state index in [1.165, 1.54) is 12.8 Å². The van der Waals surface area contributed by atoms with E-state index in [0.29, 0.717) is 18.5 Å². The minimum Gasteiger partial charge on any atom is -0.370 e. The van der Waals surface area contributed by atoms with Crippen molar-refractivity contribution in [2.75, 3.05) is 0 Å². The van der Waals surface area contributed by atoms with Crippen LogP contribution in [0.2, 0.25) is 0 Å². The van der Waals surface area contributed by atoms with Crippen LogP contribution in [-0.4, -0.2) is 21.8 Å². The van der Waals surface area contributed by atoms with E-state index in [9.17, 15) is 0 Å². The third-order valence-electron chi connectivity index (χ3n) is 2.12. The molecule has 76 valence electrons. The molecule has 3 N–H and O–H groups in total. The maximum Gasteiger partial charge on any atom is 0.189 e. The van der Waals surface area contributed by atoms with Crippen molar-refractivity contribution >= 4 is 5.96 Å². The summed E-state index contributed by atoms with van der Waals surface area (Å²) in [6, 6.07) is 0.563. The normalized spacial score (nSPS) is 17.1. The van der Waals surface area contributed by atoms with Crippen LogP contribution in [0.15, 0.2) is 17.4 Å². The fourth-order valence-electron chi connectivity index (χ4n) is 1.21. The van der Waals surface area contributed by atoms with Crippen LogP contribution >= 0.6 is 0 Å². The van der Waals surface area contributed by atoms with Gasteiger partial charge in [0.1, 0.15) is 0 Å². The van der Waals surface area contributed by atoms with E-state index < -0.39 is 0 Å². The van der Waals surface area contributed by atoms with Gasteiger partial charge >= 0.3 is 0 Å². The van der Waals surface area contributed by atoms with Gasteiger partial charge in [0.25, 0.3) is 0 Å². The molecule has 1 fully saturated rings. The van der Waals surface area contributed by atoms with E-state index in [0.717, 1.165) is 5.56 Å². The van der Waals surface area contributed by atoms with E-state index in [-0.39, 0.29) is 0 Å². The van der Waals surface area contributed by atoms with Crippen molar-refractivity contribution in [3.8, 4) is 0 Å². The summed E-state index contributed by atoms with van der Waals surface area (Å²) in [6.45, 7) is 0.597. The minimum atomic E-state index is 0.538. The van der Waals surface area contributed by atoms with Crippen LogP contribution in [0.3, 0.4) is 0 Å². The van der Waals surface area contributed by atoms with Crippen molar-refractivity contribution in [1.29, 1.82) is 0 Å². The zero-order chi connectivity index (χ0) is 9.97. The van der Waals surface area contributed by atoms with Gasteiger partial charge in [-0.2, -0.15) is 5.10 Å². The molecule has 0 amide bonds. The average Bonchev–Trinajstić information content (AvgIpc) is 2.85. The number of rotatable bonds is 3. The van der Waals surface area contributed by atoms with Crippen LogP contribution in [0, 0.1) is 0 Å². The van der Waals surface area contributed by atoms with Crippen LogP contribution < -0.4 is 11.1 Å². The van der Waals surface area contributed by atoms with Crippen molar-refractivity contribution < 1.29 is 0 Å². The summed E-state index contributed by atoms with van der Waals surface area (Å²) >= 11 is 0. The summed E-state index contributed by atoms with van der Waals surface area (Å²) in [7, 11) is 1.89. The standard InChI is InChI=1S/C9H15N5/c1-14-6-7(5-12-14)4-11-9(10)13-8-2-3-8/h5-6,8H,2-4H2,1H3,(H3,10,11,13). The monoisotopic (exact) mass is 193 g/mol. The fraction of sp³-hybridized carbons (Fsp3) is 0.556. The fourth-order valence-corrected chi connectivity index (χ4v) is 1.21. The van der Waals surface area contributed by atoms with E-state index in [1.807, 2.05) is 13.2 Å². The molecule has 0 saturated heterocycles. The molecule has 0 spiro atoms. The molecule has 0 aliphatic heterocycles. The number of guanidine groups is 1. The Hall–Kier alpha value is -1.52. The topological polar surface area (TPSA) is 68.2 Å². The third kappa shape index (κ3) is 2.48. The van der Waals surface area contributed by atoms with Gasteiger partial charge in [-0.3, -0.25) is 4.68 Å². The highest BCUT2D eigenvalue weighted by Gasteiger charge is 2.21. The maximum atomic E-state index is 5.68. The average molecular weight is 193 g/mol. The van der Waals surface area contributed by atoms with Crippen molar-refractivity contribution in [2.45, 2.75) is 25.4 Å². The lowest BCUT2D eigenvalue weighted by molar-refractivity contribution is 0.766. The highest BCUT2D eigenvalue weighted by molar-refractivity contribution is 5.78. The van der Waals surface area contributed by atoms with Gasteiger partial charge in [0.15, 0.2) is 5.96 Å². The lowest BCUT2D eigenvalue weighted by Crippen LogP contribution is -2.33. The lowest BCUT2D eigenvalue weighted by atomic mass is 10.4. The number of nitrogens with zero attached hydrogens (tertiary/aromatic N) is 3. The first-order valence-electron chi connectivity index (χ1n) is 4.78. The molecule has 1 aromatic heterocycles. The molecule has 0 atom stereocenters. The van der Waals surface area contributed by atoms with Gasteiger partial charge in [-0.15, -0.1) is 0 Å². The third-order valence-corrected chi connectivity index (χ3v) is 2.12. The van der Waals surface area contributed by atoms with Gasteiger partial charge in [-0.05, 0) is 12.8 Å². The summed E-state index contributed by atoms with van der Waals surface area (Å²) in [6.07, 6.45) is 6.16. The number of aromatic nitrogens is 2. The first-order chi connectivity index (χ1) is 6.74. The summed E-state index contributed by atoms with van der Waals surface area (Å²) in [5, 5.41) is 7.19. The van der Waals surface area contributed by atoms with E-state index in [1.54, 1.807) is 10.9 Å². The molecule has 0 aromatic carbocycles. The van der Waals surface area contributed by atoms with Gasteiger partial charge < -0.3 is 11.1 Å². The predicted octanol–water partition coefficient (Wildman–Crippen LogP) is -0.0132. The molecule has 0 bridgehead atoms. The zero-order valence-electron chi connectivity index (χ0n) is 8.27. The van der Waals surface area contributed by atoms with Gasteiger partial charge in [-0.25, -0.2) is 4.99 Å². The number of nitrogens with one attached hydrogen (secondary N) is 1. The SMILES string of the molecule is Cn1cc(CN=C(N)NC2CC2)cn1. The molecule has 1 aliphatic rings. The number of hydrogen-bond donors (Lipinski definition) is 2. The zero-order valence-corrected chi connectivity index (χ0v) is 8.27. The number of aliphatic imine (C=N–C) groups is 1. The van der Waals surface area contributed by atoms with E-state index >= 15 is 0 Å². The summed E-state index contributed by atoms with van der Waals surface area (Å²) in [4.78, 5) is 4.22. The second kappa shape index (κ2) is 3.69. The molecule has 5 heteroatoms. The highest BCUT2D eigenvalue weighted by Crippen LogP contribution is 2.18. The predicted molar refractivity (Wildman–Crippen MR) is 54.7 cm³/mol. The Morgan fingerprint density at radius 1 is 1.79 bits per heavy atom. The number of aryl methyl sites for hydroxylation is 1. The summed E-state index contributed by atoms with van der Waals surface area (Å²) in [5.41, 5.74) is 6.76. The molecule has 1 aromatic rings. The van der Waals surface area contributed by atoms with Crippen LogP contribution in [0.5, 0.6) is 0 Å². The first-order valence-corrected chi connectivity index (χ1v) is 4.78. The Morgan fingerprint density at radius 3 is 3.14 bits per heavy atom. The van der Waals surface area contributed by atoms with E-state index in [2.05, 4.69) is 15.4 Å². The first kappa shape index (κ1) is 9.05.